The van der Waals surface area contributed by atoms with Crippen LogP contribution in [0, 0.1) is 0 Å². The number of fused-ring (bicyclic) bond motifs is 7. The Kier molecular flexibility index (Phi) is 7.61. The molecular formula is C52H33NS2. The van der Waals surface area contributed by atoms with Crippen LogP contribution in [0.4, 0.5) is 17.1 Å². The molecule has 9 aromatic carbocycles. The summed E-state index contributed by atoms with van der Waals surface area (Å²) < 4.78 is 5.21. The summed E-state index contributed by atoms with van der Waals surface area (Å²) in [5.74, 6) is 0. The Morgan fingerprint density at radius 2 is 0.927 bits per heavy atom. The molecule has 1 nitrogen and oxygen atoms in total. The Morgan fingerprint density at radius 1 is 0.327 bits per heavy atom. The predicted molar refractivity (Wildman–Crippen MR) is 241 cm³/mol. The van der Waals surface area contributed by atoms with Gasteiger partial charge in [-0.05, 0) is 92.7 Å². The Labute approximate surface area is 327 Å². The Hall–Kier alpha value is -6.52. The average molecular weight is 736 g/mol. The monoisotopic (exact) mass is 735 g/mol. The highest BCUT2D eigenvalue weighted by Gasteiger charge is 2.21. The summed E-state index contributed by atoms with van der Waals surface area (Å²) in [6.07, 6.45) is 0. The quantitative estimate of drug-likeness (QED) is 0.164. The SMILES string of the molecule is c1ccc(-c2cc(N(c3ccc(-c4cccc5ccccc45)cc3)c3cccc4c3sc3ccccc34)ccc2-c2cccc3sc4ccccc4c23)cc1. The highest BCUT2D eigenvalue weighted by molar-refractivity contribution is 7.26. The number of hydrogen-bond donors (Lipinski definition) is 0. The van der Waals surface area contributed by atoms with E-state index in [4.69, 9.17) is 0 Å². The second kappa shape index (κ2) is 13.1. The van der Waals surface area contributed by atoms with Gasteiger partial charge in [-0.25, -0.2) is 0 Å². The standard InChI is InChI=1S/C52H33NS2/c1-2-13-35(14-3-1)46-33-38(31-32-41(46)43-21-12-26-50-51(43)45-19-7-9-25-49(45)54-50)53(47-23-11-22-44-42-18-6-8-24-48(42)55-52(44)47)37-29-27-36(28-30-37)40-20-10-16-34-15-4-5-17-39(34)40/h1-33H. The molecule has 0 atom stereocenters. The van der Waals surface area contributed by atoms with Gasteiger partial charge in [-0.3, -0.25) is 0 Å². The summed E-state index contributed by atoms with van der Waals surface area (Å²) in [4.78, 5) is 2.46. The van der Waals surface area contributed by atoms with Gasteiger partial charge in [0.15, 0.2) is 0 Å². The summed E-state index contributed by atoms with van der Waals surface area (Å²) in [5, 5.41) is 7.73. The van der Waals surface area contributed by atoms with Crippen molar-refractivity contribution in [2.75, 3.05) is 4.90 Å². The second-order valence-electron chi connectivity index (χ2n) is 14.0. The van der Waals surface area contributed by atoms with E-state index in [0.29, 0.717) is 0 Å². The lowest BCUT2D eigenvalue weighted by atomic mass is 9.91. The molecule has 0 spiro atoms. The van der Waals surface area contributed by atoms with Crippen molar-refractivity contribution < 1.29 is 0 Å². The summed E-state index contributed by atoms with van der Waals surface area (Å²) in [7, 11) is 0. The zero-order valence-electron chi connectivity index (χ0n) is 29.8. The third-order valence-electron chi connectivity index (χ3n) is 10.9. The Balaban J connectivity index is 1.14. The highest BCUT2D eigenvalue weighted by atomic mass is 32.1. The summed E-state index contributed by atoms with van der Waals surface area (Å²) >= 11 is 3.74. The molecule has 0 aliphatic heterocycles. The second-order valence-corrected chi connectivity index (χ2v) is 16.2. The van der Waals surface area contributed by atoms with Gasteiger partial charge in [-0.15, -0.1) is 22.7 Å². The predicted octanol–water partition coefficient (Wildman–Crippen LogP) is 16.0. The molecule has 0 bridgehead atoms. The first kappa shape index (κ1) is 32.0. The summed E-state index contributed by atoms with van der Waals surface area (Å²) in [5.41, 5.74) is 10.8. The van der Waals surface area contributed by atoms with Gasteiger partial charge in [0.2, 0.25) is 0 Å². The molecule has 0 fully saturated rings. The smallest absolute Gasteiger partial charge is 0.0640 e. The fraction of sp³-hybridized carbons (Fsp3) is 0. The lowest BCUT2D eigenvalue weighted by Crippen LogP contribution is -2.10. The van der Waals surface area contributed by atoms with E-state index in [2.05, 4.69) is 205 Å². The molecule has 258 valence electrons. The maximum absolute atomic E-state index is 2.46. The van der Waals surface area contributed by atoms with E-state index in [1.807, 2.05) is 22.7 Å². The Bertz CT molecular complexity index is 3200. The minimum atomic E-state index is 1.12. The van der Waals surface area contributed by atoms with Crippen LogP contribution in [0.15, 0.2) is 200 Å². The van der Waals surface area contributed by atoms with Crippen molar-refractivity contribution in [3.8, 4) is 33.4 Å². The maximum Gasteiger partial charge on any atom is 0.0640 e. The highest BCUT2D eigenvalue weighted by Crippen LogP contribution is 2.48. The molecular weight excluding hydrogens is 703 g/mol. The van der Waals surface area contributed by atoms with Gasteiger partial charge in [0.1, 0.15) is 0 Å². The third-order valence-corrected chi connectivity index (χ3v) is 13.2. The summed E-state index contributed by atoms with van der Waals surface area (Å²) in [6, 6.07) is 73.4. The van der Waals surface area contributed by atoms with E-state index in [-0.39, 0.29) is 0 Å². The van der Waals surface area contributed by atoms with Gasteiger partial charge < -0.3 is 4.90 Å². The van der Waals surface area contributed by atoms with Gasteiger partial charge in [-0.2, -0.15) is 0 Å². The van der Waals surface area contributed by atoms with E-state index in [0.717, 1.165) is 11.4 Å². The van der Waals surface area contributed by atoms with E-state index in [9.17, 15) is 0 Å². The number of nitrogens with zero attached hydrogens (tertiary/aromatic N) is 1. The topological polar surface area (TPSA) is 3.24 Å². The first-order valence-electron chi connectivity index (χ1n) is 18.7. The van der Waals surface area contributed by atoms with Crippen LogP contribution in [-0.2, 0) is 0 Å². The molecule has 0 aliphatic carbocycles. The third kappa shape index (κ3) is 5.35. The molecule has 0 amide bonds. The van der Waals surface area contributed by atoms with Crippen molar-refractivity contribution >= 4 is 90.9 Å². The molecule has 11 rings (SSSR count). The van der Waals surface area contributed by atoms with Crippen molar-refractivity contribution in [3.63, 3.8) is 0 Å². The fourth-order valence-corrected chi connectivity index (χ4v) is 10.7. The van der Waals surface area contributed by atoms with Gasteiger partial charge in [0.05, 0.1) is 10.4 Å². The lowest BCUT2D eigenvalue weighted by Gasteiger charge is -2.27. The van der Waals surface area contributed by atoms with E-state index in [1.165, 1.54) is 90.2 Å². The van der Waals surface area contributed by atoms with Gasteiger partial charge in [0, 0.05) is 47.0 Å². The molecule has 0 N–H and O–H groups in total. The van der Waals surface area contributed by atoms with E-state index in [1.54, 1.807) is 0 Å². The normalized spacial score (nSPS) is 11.6. The van der Waals surface area contributed by atoms with Crippen molar-refractivity contribution in [2.45, 2.75) is 0 Å². The minimum Gasteiger partial charge on any atom is -0.309 e. The average Bonchev–Trinajstić information content (AvgIpc) is 3.83. The van der Waals surface area contributed by atoms with E-state index >= 15 is 0 Å². The van der Waals surface area contributed by atoms with Crippen LogP contribution in [0.3, 0.4) is 0 Å². The van der Waals surface area contributed by atoms with Crippen LogP contribution in [0.5, 0.6) is 0 Å². The van der Waals surface area contributed by atoms with Gasteiger partial charge in [0.25, 0.3) is 0 Å². The number of rotatable bonds is 6. The molecule has 0 radical (unpaired) electrons. The van der Waals surface area contributed by atoms with Crippen LogP contribution in [0.25, 0.3) is 84.5 Å². The van der Waals surface area contributed by atoms with Crippen LogP contribution >= 0.6 is 22.7 Å². The molecule has 11 aromatic rings. The molecule has 0 saturated heterocycles. The first-order valence-corrected chi connectivity index (χ1v) is 20.3. The number of hydrogen-bond acceptors (Lipinski definition) is 3. The molecule has 0 saturated carbocycles. The van der Waals surface area contributed by atoms with Crippen molar-refractivity contribution in [1.29, 1.82) is 0 Å². The van der Waals surface area contributed by atoms with Crippen LogP contribution in [-0.4, -0.2) is 0 Å². The van der Waals surface area contributed by atoms with Crippen LogP contribution < -0.4 is 4.90 Å². The number of thiophene rings is 2. The molecule has 2 aromatic heterocycles. The molecule has 0 aliphatic rings. The van der Waals surface area contributed by atoms with Crippen molar-refractivity contribution in [1.82, 2.24) is 0 Å². The fourth-order valence-electron chi connectivity index (χ4n) is 8.36. The van der Waals surface area contributed by atoms with Crippen LogP contribution in [0.1, 0.15) is 0 Å². The number of anilines is 3. The number of benzene rings is 9. The summed E-state index contributed by atoms with van der Waals surface area (Å²) in [6.45, 7) is 0. The minimum absolute atomic E-state index is 1.12. The maximum atomic E-state index is 2.46. The molecule has 2 heterocycles. The lowest BCUT2D eigenvalue weighted by molar-refractivity contribution is 1.30. The Morgan fingerprint density at radius 3 is 1.78 bits per heavy atom. The zero-order valence-corrected chi connectivity index (χ0v) is 31.4. The van der Waals surface area contributed by atoms with Crippen molar-refractivity contribution in [3.05, 3.63) is 200 Å². The van der Waals surface area contributed by atoms with Gasteiger partial charge >= 0.3 is 0 Å². The molecule has 55 heavy (non-hydrogen) atoms. The van der Waals surface area contributed by atoms with Crippen molar-refractivity contribution in [2.24, 2.45) is 0 Å². The van der Waals surface area contributed by atoms with E-state index < -0.39 is 0 Å². The van der Waals surface area contributed by atoms with Gasteiger partial charge in [-0.1, -0.05) is 152 Å². The molecule has 3 heteroatoms. The zero-order chi connectivity index (χ0) is 36.3. The first-order chi connectivity index (χ1) is 27.3. The largest absolute Gasteiger partial charge is 0.309 e. The van der Waals surface area contributed by atoms with Crippen LogP contribution in [0.2, 0.25) is 0 Å². The molecule has 0 unspecified atom stereocenters.